The molecule has 2 atom stereocenters. The molecule has 2 unspecified atom stereocenters. The predicted molar refractivity (Wildman–Crippen MR) is 68.9 cm³/mol. The van der Waals surface area contributed by atoms with Gasteiger partial charge in [-0.15, -0.1) is 0 Å². The lowest BCUT2D eigenvalue weighted by molar-refractivity contribution is 0.0523. The van der Waals surface area contributed by atoms with E-state index in [-0.39, 0.29) is 5.92 Å². The fourth-order valence-corrected chi connectivity index (χ4v) is 2.53. The summed E-state index contributed by atoms with van der Waals surface area (Å²) in [6, 6.07) is 20.6. The molecule has 0 aromatic heterocycles. The number of rotatable bonds is 1. The third kappa shape index (κ3) is 1.79. The SMILES string of the molecule is N#CC1OCc2ccccc2C1c1ccccc1. The van der Waals surface area contributed by atoms with Gasteiger partial charge in [-0.05, 0) is 16.7 Å². The maximum absolute atomic E-state index is 9.27. The minimum atomic E-state index is -0.401. The second-order valence-corrected chi connectivity index (χ2v) is 4.45. The van der Waals surface area contributed by atoms with Gasteiger partial charge in [0.25, 0.3) is 0 Å². The summed E-state index contributed by atoms with van der Waals surface area (Å²) in [6.45, 7) is 0.526. The van der Waals surface area contributed by atoms with Crippen molar-refractivity contribution in [3.63, 3.8) is 0 Å². The van der Waals surface area contributed by atoms with Crippen LogP contribution < -0.4 is 0 Å². The normalized spacial score (nSPS) is 21.9. The van der Waals surface area contributed by atoms with Crippen LogP contribution in [-0.2, 0) is 11.3 Å². The first-order valence-corrected chi connectivity index (χ1v) is 6.04. The molecule has 3 rings (SSSR count). The van der Waals surface area contributed by atoms with E-state index >= 15 is 0 Å². The van der Waals surface area contributed by atoms with Crippen molar-refractivity contribution in [1.82, 2.24) is 0 Å². The second-order valence-electron chi connectivity index (χ2n) is 4.45. The van der Waals surface area contributed by atoms with Gasteiger partial charge < -0.3 is 4.74 Å². The fourth-order valence-electron chi connectivity index (χ4n) is 2.53. The highest BCUT2D eigenvalue weighted by Crippen LogP contribution is 2.36. The highest BCUT2D eigenvalue weighted by atomic mass is 16.5. The first-order chi connectivity index (χ1) is 8.90. The molecule has 0 N–H and O–H groups in total. The third-order valence-corrected chi connectivity index (χ3v) is 3.40. The zero-order valence-corrected chi connectivity index (χ0v) is 9.91. The quantitative estimate of drug-likeness (QED) is 0.760. The van der Waals surface area contributed by atoms with Crippen molar-refractivity contribution in [3.8, 4) is 6.07 Å². The van der Waals surface area contributed by atoms with Crippen LogP contribution in [0.4, 0.5) is 0 Å². The molecule has 88 valence electrons. The molecule has 0 saturated carbocycles. The van der Waals surface area contributed by atoms with Gasteiger partial charge in [-0.3, -0.25) is 0 Å². The van der Waals surface area contributed by atoms with Gasteiger partial charge in [0, 0.05) is 5.92 Å². The molecule has 2 heteroatoms. The summed E-state index contributed by atoms with van der Waals surface area (Å²) in [6.07, 6.45) is -0.401. The molecule has 0 spiro atoms. The number of fused-ring (bicyclic) bond motifs is 1. The van der Waals surface area contributed by atoms with Crippen molar-refractivity contribution in [3.05, 3.63) is 71.3 Å². The van der Waals surface area contributed by atoms with E-state index in [4.69, 9.17) is 4.74 Å². The molecule has 0 fully saturated rings. The van der Waals surface area contributed by atoms with Gasteiger partial charge in [0.2, 0.25) is 0 Å². The van der Waals surface area contributed by atoms with Crippen LogP contribution in [-0.4, -0.2) is 6.10 Å². The Morgan fingerprint density at radius 3 is 2.50 bits per heavy atom. The zero-order valence-electron chi connectivity index (χ0n) is 9.91. The van der Waals surface area contributed by atoms with Crippen LogP contribution in [0.5, 0.6) is 0 Å². The maximum atomic E-state index is 9.27. The summed E-state index contributed by atoms with van der Waals surface area (Å²) in [5, 5.41) is 9.27. The number of benzene rings is 2. The summed E-state index contributed by atoms with van der Waals surface area (Å²) >= 11 is 0. The van der Waals surface area contributed by atoms with E-state index < -0.39 is 6.10 Å². The van der Waals surface area contributed by atoms with Crippen molar-refractivity contribution in [2.24, 2.45) is 0 Å². The fraction of sp³-hybridized carbons (Fsp3) is 0.188. The molecule has 0 saturated heterocycles. The Morgan fingerprint density at radius 2 is 1.72 bits per heavy atom. The topological polar surface area (TPSA) is 33.0 Å². The molecule has 0 bridgehead atoms. The van der Waals surface area contributed by atoms with Crippen molar-refractivity contribution < 1.29 is 4.74 Å². The largest absolute Gasteiger partial charge is 0.358 e. The molecule has 0 aliphatic carbocycles. The first-order valence-electron chi connectivity index (χ1n) is 6.04. The summed E-state index contributed by atoms with van der Waals surface area (Å²) in [4.78, 5) is 0. The average Bonchev–Trinajstić information content (AvgIpc) is 2.47. The van der Waals surface area contributed by atoms with Crippen molar-refractivity contribution in [1.29, 1.82) is 5.26 Å². The molecule has 0 radical (unpaired) electrons. The molecule has 0 amide bonds. The van der Waals surface area contributed by atoms with E-state index in [0.717, 1.165) is 5.56 Å². The molecule has 2 aromatic rings. The minimum Gasteiger partial charge on any atom is -0.358 e. The van der Waals surface area contributed by atoms with E-state index in [2.05, 4.69) is 30.3 Å². The lowest BCUT2D eigenvalue weighted by atomic mass is 9.83. The number of hydrogen-bond donors (Lipinski definition) is 0. The number of nitrogens with zero attached hydrogens (tertiary/aromatic N) is 1. The van der Waals surface area contributed by atoms with Crippen LogP contribution in [0.25, 0.3) is 0 Å². The van der Waals surface area contributed by atoms with Crippen molar-refractivity contribution in [2.75, 3.05) is 0 Å². The van der Waals surface area contributed by atoms with Crippen LogP contribution in [0.3, 0.4) is 0 Å². The van der Waals surface area contributed by atoms with E-state index in [1.807, 2.05) is 30.3 Å². The Hall–Kier alpha value is -2.11. The number of hydrogen-bond acceptors (Lipinski definition) is 2. The predicted octanol–water partition coefficient (Wildman–Crippen LogP) is 3.24. The second kappa shape index (κ2) is 4.64. The Morgan fingerprint density at radius 1 is 1.00 bits per heavy atom. The van der Waals surface area contributed by atoms with Gasteiger partial charge in [0.1, 0.15) is 0 Å². The molecule has 1 heterocycles. The van der Waals surface area contributed by atoms with E-state index in [0.29, 0.717) is 6.61 Å². The summed E-state index contributed by atoms with van der Waals surface area (Å²) < 4.78 is 5.66. The van der Waals surface area contributed by atoms with Crippen LogP contribution in [0, 0.1) is 11.3 Å². The Bertz CT molecular complexity index is 586. The summed E-state index contributed by atoms with van der Waals surface area (Å²) in [5.74, 6) is 0.0150. The first kappa shape index (κ1) is 11.0. The average molecular weight is 235 g/mol. The Labute approximate surface area is 106 Å². The molecular weight excluding hydrogens is 222 g/mol. The monoisotopic (exact) mass is 235 g/mol. The van der Waals surface area contributed by atoms with Gasteiger partial charge in [-0.2, -0.15) is 5.26 Å². The number of ether oxygens (including phenoxy) is 1. The molecular formula is C16H13NO. The minimum absolute atomic E-state index is 0.0150. The van der Waals surface area contributed by atoms with Gasteiger partial charge in [-0.1, -0.05) is 54.6 Å². The van der Waals surface area contributed by atoms with Gasteiger partial charge in [0.05, 0.1) is 12.7 Å². The zero-order chi connectivity index (χ0) is 12.4. The van der Waals surface area contributed by atoms with Gasteiger partial charge in [0.15, 0.2) is 6.10 Å². The number of nitriles is 1. The lowest BCUT2D eigenvalue weighted by Crippen LogP contribution is -2.27. The molecule has 1 aliphatic heterocycles. The lowest BCUT2D eigenvalue weighted by Gasteiger charge is -2.30. The van der Waals surface area contributed by atoms with Gasteiger partial charge in [-0.25, -0.2) is 0 Å². The van der Waals surface area contributed by atoms with Crippen LogP contribution in [0.2, 0.25) is 0 Å². The highest BCUT2D eigenvalue weighted by Gasteiger charge is 2.31. The highest BCUT2D eigenvalue weighted by molar-refractivity contribution is 5.41. The van der Waals surface area contributed by atoms with E-state index in [9.17, 15) is 5.26 Å². The smallest absolute Gasteiger partial charge is 0.155 e. The summed E-state index contributed by atoms with van der Waals surface area (Å²) in [7, 11) is 0. The van der Waals surface area contributed by atoms with Crippen molar-refractivity contribution >= 4 is 0 Å². The maximum Gasteiger partial charge on any atom is 0.155 e. The molecule has 2 aromatic carbocycles. The molecule has 18 heavy (non-hydrogen) atoms. The third-order valence-electron chi connectivity index (χ3n) is 3.40. The van der Waals surface area contributed by atoms with Crippen LogP contribution in [0.1, 0.15) is 22.6 Å². The summed E-state index contributed by atoms with van der Waals surface area (Å²) in [5.41, 5.74) is 3.52. The Balaban J connectivity index is 2.13. The molecule has 2 nitrogen and oxygen atoms in total. The van der Waals surface area contributed by atoms with E-state index in [1.165, 1.54) is 11.1 Å². The van der Waals surface area contributed by atoms with Crippen LogP contribution >= 0.6 is 0 Å². The standard InChI is InChI=1S/C16H13NO/c17-10-15-16(12-6-2-1-3-7-12)14-9-5-4-8-13(14)11-18-15/h1-9,15-16H,11H2. The van der Waals surface area contributed by atoms with Crippen molar-refractivity contribution in [2.45, 2.75) is 18.6 Å². The Kier molecular flexibility index (Phi) is 2.84. The van der Waals surface area contributed by atoms with E-state index in [1.54, 1.807) is 0 Å². The molecule has 1 aliphatic rings. The van der Waals surface area contributed by atoms with Gasteiger partial charge >= 0.3 is 0 Å². The van der Waals surface area contributed by atoms with Crippen LogP contribution in [0.15, 0.2) is 54.6 Å².